The molecule has 1 unspecified atom stereocenters. The Morgan fingerprint density at radius 1 is 1.37 bits per heavy atom. The van der Waals surface area contributed by atoms with E-state index in [0.717, 1.165) is 18.8 Å². The van der Waals surface area contributed by atoms with Crippen molar-refractivity contribution in [1.29, 1.82) is 0 Å². The molecular weight excluding hydrogens is 254 g/mol. The Morgan fingerprint density at radius 2 is 2.21 bits per heavy atom. The summed E-state index contributed by atoms with van der Waals surface area (Å²) in [5.41, 5.74) is 1.21. The van der Waals surface area contributed by atoms with Crippen molar-refractivity contribution in [3.05, 3.63) is 46.3 Å². The maximum Gasteiger partial charge on any atom is 0.128 e. The molecule has 4 heteroatoms. The lowest BCUT2D eigenvalue weighted by atomic mass is 10.2. The van der Waals surface area contributed by atoms with E-state index in [0.29, 0.717) is 6.04 Å². The third-order valence-corrected chi connectivity index (χ3v) is 4.19. The van der Waals surface area contributed by atoms with Crippen molar-refractivity contribution < 1.29 is 0 Å². The van der Waals surface area contributed by atoms with Crippen LogP contribution in [-0.2, 0) is 13.0 Å². The van der Waals surface area contributed by atoms with Gasteiger partial charge in [-0.1, -0.05) is 12.1 Å². The number of hydrogen-bond acceptors (Lipinski definition) is 4. The van der Waals surface area contributed by atoms with E-state index in [-0.39, 0.29) is 0 Å². The number of nitrogens with zero attached hydrogens (tertiary/aromatic N) is 2. The van der Waals surface area contributed by atoms with Gasteiger partial charge in [-0.15, -0.1) is 11.3 Å². The largest absolute Gasteiger partial charge is 0.357 e. The molecule has 0 aliphatic heterocycles. The van der Waals surface area contributed by atoms with Gasteiger partial charge in [-0.3, -0.25) is 0 Å². The van der Waals surface area contributed by atoms with Crippen LogP contribution >= 0.6 is 11.3 Å². The zero-order chi connectivity index (χ0) is 13.7. The maximum atomic E-state index is 4.54. The van der Waals surface area contributed by atoms with Gasteiger partial charge in [-0.2, -0.15) is 0 Å². The predicted molar refractivity (Wildman–Crippen MR) is 82.9 cm³/mol. The summed E-state index contributed by atoms with van der Waals surface area (Å²) in [6.45, 7) is 3.10. The van der Waals surface area contributed by atoms with Gasteiger partial charge in [0.15, 0.2) is 0 Å². The second-order valence-electron chi connectivity index (χ2n) is 4.80. The lowest BCUT2D eigenvalue weighted by Gasteiger charge is -2.25. The first-order valence-corrected chi connectivity index (χ1v) is 7.43. The number of thiophene rings is 1. The van der Waals surface area contributed by atoms with Gasteiger partial charge in [0.2, 0.25) is 0 Å². The molecule has 0 radical (unpaired) electrons. The number of hydrogen-bond donors (Lipinski definition) is 1. The Labute approximate surface area is 119 Å². The van der Waals surface area contributed by atoms with Crippen molar-refractivity contribution in [3.63, 3.8) is 0 Å². The molecular formula is C15H21N3S. The fraction of sp³-hybridized carbons (Fsp3) is 0.400. The van der Waals surface area contributed by atoms with Crippen molar-refractivity contribution in [2.45, 2.75) is 25.9 Å². The minimum atomic E-state index is 0.446. The summed E-state index contributed by atoms with van der Waals surface area (Å²) in [5.74, 6) is 1.03. The number of rotatable bonds is 6. The minimum Gasteiger partial charge on any atom is -0.357 e. The zero-order valence-electron chi connectivity index (χ0n) is 11.8. The molecule has 0 bridgehead atoms. The molecule has 2 aromatic rings. The highest BCUT2D eigenvalue weighted by Gasteiger charge is 2.12. The van der Waals surface area contributed by atoms with E-state index in [2.05, 4.69) is 58.8 Å². The van der Waals surface area contributed by atoms with Gasteiger partial charge in [-0.25, -0.2) is 4.98 Å². The third kappa shape index (κ3) is 3.78. The molecule has 0 saturated heterocycles. The molecule has 0 fully saturated rings. The molecule has 2 rings (SSSR count). The molecule has 1 atom stereocenters. The molecule has 0 saturated carbocycles. The SMILES string of the molecule is CNCc1ccc(N(C)C(C)Cc2cccs2)nc1. The highest BCUT2D eigenvalue weighted by molar-refractivity contribution is 7.09. The maximum absolute atomic E-state index is 4.54. The van der Waals surface area contributed by atoms with E-state index < -0.39 is 0 Å². The Hall–Kier alpha value is -1.39. The van der Waals surface area contributed by atoms with Crippen LogP contribution in [0.1, 0.15) is 17.4 Å². The topological polar surface area (TPSA) is 28.2 Å². The first kappa shape index (κ1) is 14.0. The van der Waals surface area contributed by atoms with Gasteiger partial charge in [0.05, 0.1) is 0 Å². The number of pyridine rings is 1. The molecule has 2 heterocycles. The highest BCUT2D eigenvalue weighted by Crippen LogP contribution is 2.18. The van der Waals surface area contributed by atoms with Crippen molar-refractivity contribution in [2.24, 2.45) is 0 Å². The van der Waals surface area contributed by atoms with Crippen LogP contribution in [0.2, 0.25) is 0 Å². The van der Waals surface area contributed by atoms with Crippen molar-refractivity contribution in [3.8, 4) is 0 Å². The van der Waals surface area contributed by atoms with Crippen LogP contribution in [0.15, 0.2) is 35.8 Å². The molecule has 0 aliphatic rings. The number of aromatic nitrogens is 1. The summed E-state index contributed by atoms with van der Waals surface area (Å²) in [6.07, 6.45) is 3.01. The molecule has 0 aromatic carbocycles. The fourth-order valence-electron chi connectivity index (χ4n) is 2.02. The van der Waals surface area contributed by atoms with Gasteiger partial charge >= 0.3 is 0 Å². The first-order valence-electron chi connectivity index (χ1n) is 6.55. The highest BCUT2D eigenvalue weighted by atomic mass is 32.1. The van der Waals surface area contributed by atoms with Crippen molar-refractivity contribution in [2.75, 3.05) is 19.0 Å². The molecule has 3 nitrogen and oxygen atoms in total. The summed E-state index contributed by atoms with van der Waals surface area (Å²) in [6, 6.07) is 8.97. The Kier molecular flexibility index (Phi) is 4.93. The van der Waals surface area contributed by atoms with Gasteiger partial charge in [-0.05, 0) is 37.0 Å². The van der Waals surface area contributed by atoms with Crippen LogP contribution in [0.5, 0.6) is 0 Å². The minimum absolute atomic E-state index is 0.446. The second kappa shape index (κ2) is 6.68. The van der Waals surface area contributed by atoms with Crippen LogP contribution in [0.3, 0.4) is 0 Å². The van der Waals surface area contributed by atoms with Gasteiger partial charge in [0, 0.05) is 37.1 Å². The quantitative estimate of drug-likeness (QED) is 0.878. The average molecular weight is 275 g/mol. The van der Waals surface area contributed by atoms with Crippen molar-refractivity contribution in [1.82, 2.24) is 10.3 Å². The van der Waals surface area contributed by atoms with Gasteiger partial charge in [0.1, 0.15) is 5.82 Å². The number of likely N-dealkylation sites (N-methyl/N-ethyl adjacent to an activating group) is 1. The number of nitrogens with one attached hydrogen (secondary N) is 1. The van der Waals surface area contributed by atoms with E-state index in [1.54, 1.807) is 0 Å². The number of anilines is 1. The molecule has 1 N–H and O–H groups in total. The second-order valence-corrected chi connectivity index (χ2v) is 5.83. The summed E-state index contributed by atoms with van der Waals surface area (Å²) in [5, 5.41) is 5.26. The Balaban J connectivity index is 1.99. The lowest BCUT2D eigenvalue weighted by molar-refractivity contribution is 0.679. The summed E-state index contributed by atoms with van der Waals surface area (Å²) < 4.78 is 0. The molecule has 0 spiro atoms. The summed E-state index contributed by atoms with van der Waals surface area (Å²) >= 11 is 1.82. The average Bonchev–Trinajstić information content (AvgIpc) is 2.92. The normalized spacial score (nSPS) is 12.4. The fourth-order valence-corrected chi connectivity index (χ4v) is 2.84. The van der Waals surface area contributed by atoms with E-state index in [4.69, 9.17) is 0 Å². The van der Waals surface area contributed by atoms with Crippen LogP contribution in [-0.4, -0.2) is 25.1 Å². The summed E-state index contributed by atoms with van der Waals surface area (Å²) in [7, 11) is 4.06. The summed E-state index contributed by atoms with van der Waals surface area (Å²) in [4.78, 5) is 8.20. The van der Waals surface area contributed by atoms with Crippen molar-refractivity contribution >= 4 is 17.2 Å². The molecule has 0 amide bonds. The Morgan fingerprint density at radius 3 is 2.79 bits per heavy atom. The smallest absolute Gasteiger partial charge is 0.128 e. The standard InChI is InChI=1S/C15H21N3S/c1-12(9-14-5-4-8-19-14)18(3)15-7-6-13(10-16-2)11-17-15/h4-8,11-12,16H,9-10H2,1-3H3. The first-order chi connectivity index (χ1) is 9.20. The van der Waals surface area contributed by atoms with Crippen LogP contribution in [0.4, 0.5) is 5.82 Å². The van der Waals surface area contributed by atoms with Crippen LogP contribution < -0.4 is 10.2 Å². The van der Waals surface area contributed by atoms with E-state index in [9.17, 15) is 0 Å². The third-order valence-electron chi connectivity index (χ3n) is 3.29. The van der Waals surface area contributed by atoms with E-state index >= 15 is 0 Å². The van der Waals surface area contributed by atoms with E-state index in [1.807, 2.05) is 24.6 Å². The monoisotopic (exact) mass is 275 g/mol. The zero-order valence-corrected chi connectivity index (χ0v) is 12.6. The van der Waals surface area contributed by atoms with E-state index in [1.165, 1.54) is 10.4 Å². The molecule has 0 aliphatic carbocycles. The predicted octanol–water partition coefficient (Wildman–Crippen LogP) is 2.93. The molecule has 102 valence electrons. The van der Waals surface area contributed by atoms with Gasteiger partial charge < -0.3 is 10.2 Å². The lowest BCUT2D eigenvalue weighted by Crippen LogP contribution is -2.31. The van der Waals surface area contributed by atoms with Crippen LogP contribution in [0, 0.1) is 0 Å². The molecule has 2 aromatic heterocycles. The molecule has 19 heavy (non-hydrogen) atoms. The van der Waals surface area contributed by atoms with Crippen LogP contribution in [0.25, 0.3) is 0 Å². The van der Waals surface area contributed by atoms with Gasteiger partial charge in [0.25, 0.3) is 0 Å². The Bertz CT molecular complexity index is 479.